The van der Waals surface area contributed by atoms with Gasteiger partial charge in [-0.25, -0.2) is 0 Å². The highest BCUT2D eigenvalue weighted by molar-refractivity contribution is 7.19. The Morgan fingerprint density at radius 1 is 1.26 bits per heavy atom. The number of rotatable bonds is 4. The lowest BCUT2D eigenvalue weighted by molar-refractivity contribution is 0.0916. The van der Waals surface area contributed by atoms with Crippen molar-refractivity contribution >= 4 is 27.3 Å². The van der Waals surface area contributed by atoms with Gasteiger partial charge in [-0.2, -0.15) is 0 Å². The van der Waals surface area contributed by atoms with Crippen molar-refractivity contribution < 1.29 is 14.3 Å². The summed E-state index contributed by atoms with van der Waals surface area (Å²) in [5.41, 5.74) is 1.40. The van der Waals surface area contributed by atoms with E-state index in [2.05, 4.69) is 5.32 Å². The van der Waals surface area contributed by atoms with Crippen LogP contribution in [-0.2, 0) is 0 Å². The molecule has 0 aliphatic rings. The van der Waals surface area contributed by atoms with Gasteiger partial charge >= 0.3 is 0 Å². The smallest absolute Gasteiger partial charge is 0.255 e. The Hall–Kier alpha value is -2.11. The van der Waals surface area contributed by atoms with Crippen LogP contribution in [0.5, 0.6) is 0 Å². The number of furan rings is 1. The highest BCUT2D eigenvalue weighted by atomic mass is 32.1. The molecule has 3 rings (SSSR count). The zero-order valence-electron chi connectivity index (χ0n) is 13.3. The number of amides is 1. The standard InChI is InChI=1S/C18H19NO3S/c1-10-11(2)22-12(3)17(10)18(21)19-9-14(20)16-8-13-6-4-5-7-15(13)23-16/h4-8,14,20H,9H2,1-3H3,(H,19,21). The summed E-state index contributed by atoms with van der Waals surface area (Å²) in [5.74, 6) is 1.14. The second-order valence-corrected chi connectivity index (χ2v) is 6.74. The zero-order chi connectivity index (χ0) is 16.6. The average Bonchev–Trinajstić information content (AvgIpc) is 3.06. The molecule has 23 heavy (non-hydrogen) atoms. The molecule has 0 saturated heterocycles. The van der Waals surface area contributed by atoms with Crippen LogP contribution in [0.2, 0.25) is 0 Å². The zero-order valence-corrected chi connectivity index (χ0v) is 14.2. The number of hydrogen-bond acceptors (Lipinski definition) is 4. The molecule has 0 saturated carbocycles. The fraction of sp³-hybridized carbons (Fsp3) is 0.278. The Morgan fingerprint density at radius 2 is 2.00 bits per heavy atom. The first-order valence-corrected chi connectivity index (χ1v) is 8.30. The molecule has 0 radical (unpaired) electrons. The van der Waals surface area contributed by atoms with Crippen LogP contribution in [0.1, 0.15) is 38.4 Å². The van der Waals surface area contributed by atoms with Crippen molar-refractivity contribution in [2.24, 2.45) is 0 Å². The SMILES string of the molecule is Cc1oc(C)c(C(=O)NCC(O)c2cc3ccccc3s2)c1C. The van der Waals surface area contributed by atoms with Crippen molar-refractivity contribution in [2.45, 2.75) is 26.9 Å². The monoisotopic (exact) mass is 329 g/mol. The Morgan fingerprint density at radius 3 is 2.65 bits per heavy atom. The molecule has 3 aromatic rings. The molecule has 4 nitrogen and oxygen atoms in total. The van der Waals surface area contributed by atoms with E-state index in [1.165, 1.54) is 0 Å². The fourth-order valence-corrected chi connectivity index (χ4v) is 3.72. The molecule has 2 aromatic heterocycles. The van der Waals surface area contributed by atoms with Crippen molar-refractivity contribution in [3.63, 3.8) is 0 Å². The van der Waals surface area contributed by atoms with Crippen LogP contribution in [-0.4, -0.2) is 17.6 Å². The Balaban J connectivity index is 1.71. The van der Waals surface area contributed by atoms with Gasteiger partial charge < -0.3 is 14.8 Å². The highest BCUT2D eigenvalue weighted by Gasteiger charge is 2.20. The third-order valence-electron chi connectivity index (χ3n) is 4.02. The van der Waals surface area contributed by atoms with Crippen molar-refractivity contribution in [1.29, 1.82) is 0 Å². The maximum Gasteiger partial charge on any atom is 0.255 e. The molecular formula is C18H19NO3S. The van der Waals surface area contributed by atoms with E-state index >= 15 is 0 Å². The maximum absolute atomic E-state index is 12.3. The Bertz CT molecular complexity index is 829. The van der Waals surface area contributed by atoms with Crippen molar-refractivity contribution in [3.8, 4) is 0 Å². The number of aliphatic hydroxyl groups is 1. The summed E-state index contributed by atoms with van der Waals surface area (Å²) in [6, 6.07) is 9.95. The van der Waals surface area contributed by atoms with Gasteiger partial charge in [0.15, 0.2) is 0 Å². The highest BCUT2D eigenvalue weighted by Crippen LogP contribution is 2.29. The van der Waals surface area contributed by atoms with E-state index in [9.17, 15) is 9.90 Å². The average molecular weight is 329 g/mol. The normalized spacial score (nSPS) is 12.5. The lowest BCUT2D eigenvalue weighted by Gasteiger charge is -2.10. The number of aliphatic hydroxyl groups excluding tert-OH is 1. The summed E-state index contributed by atoms with van der Waals surface area (Å²) in [4.78, 5) is 13.2. The molecule has 1 atom stereocenters. The van der Waals surface area contributed by atoms with Crippen molar-refractivity contribution in [3.05, 3.63) is 57.9 Å². The summed E-state index contributed by atoms with van der Waals surface area (Å²) < 4.78 is 6.61. The second kappa shape index (κ2) is 6.18. The van der Waals surface area contributed by atoms with Gasteiger partial charge in [-0.05, 0) is 38.3 Å². The van der Waals surface area contributed by atoms with Gasteiger partial charge in [-0.3, -0.25) is 4.79 Å². The third kappa shape index (κ3) is 3.02. The molecule has 0 aliphatic heterocycles. The van der Waals surface area contributed by atoms with E-state index in [0.717, 1.165) is 26.3 Å². The maximum atomic E-state index is 12.3. The van der Waals surface area contributed by atoms with Crippen molar-refractivity contribution in [2.75, 3.05) is 6.54 Å². The summed E-state index contributed by atoms with van der Waals surface area (Å²) in [7, 11) is 0. The van der Waals surface area contributed by atoms with Gasteiger partial charge in [0.25, 0.3) is 5.91 Å². The van der Waals surface area contributed by atoms with Crippen molar-refractivity contribution in [1.82, 2.24) is 5.32 Å². The summed E-state index contributed by atoms with van der Waals surface area (Å²) in [6.07, 6.45) is -0.718. The second-order valence-electron chi connectivity index (χ2n) is 5.63. The van der Waals surface area contributed by atoms with Gasteiger partial charge in [0.05, 0.1) is 5.56 Å². The Kier molecular flexibility index (Phi) is 4.24. The van der Waals surface area contributed by atoms with E-state index in [-0.39, 0.29) is 12.5 Å². The molecular weight excluding hydrogens is 310 g/mol. The molecule has 2 N–H and O–H groups in total. The molecule has 5 heteroatoms. The van der Waals surface area contributed by atoms with E-state index in [1.54, 1.807) is 18.3 Å². The topological polar surface area (TPSA) is 62.5 Å². The van der Waals surface area contributed by atoms with E-state index in [4.69, 9.17) is 4.42 Å². The number of thiophene rings is 1. The van der Waals surface area contributed by atoms with Gasteiger partial charge in [-0.1, -0.05) is 18.2 Å². The first-order chi connectivity index (χ1) is 11.0. The van der Waals surface area contributed by atoms with E-state index in [0.29, 0.717) is 11.3 Å². The quantitative estimate of drug-likeness (QED) is 0.763. The van der Waals surface area contributed by atoms with Gasteiger partial charge in [-0.15, -0.1) is 11.3 Å². The lowest BCUT2D eigenvalue weighted by atomic mass is 10.1. The molecule has 0 fully saturated rings. The molecule has 1 unspecified atom stereocenters. The minimum absolute atomic E-state index is 0.175. The number of carbonyl (C=O) groups is 1. The van der Waals surface area contributed by atoms with Crippen LogP contribution in [0.4, 0.5) is 0 Å². The van der Waals surface area contributed by atoms with Gasteiger partial charge in [0.2, 0.25) is 0 Å². The van der Waals surface area contributed by atoms with Gasteiger partial charge in [0, 0.05) is 21.7 Å². The molecule has 1 amide bonds. The third-order valence-corrected chi connectivity index (χ3v) is 5.23. The molecule has 0 spiro atoms. The number of nitrogens with one attached hydrogen (secondary N) is 1. The lowest BCUT2D eigenvalue weighted by Crippen LogP contribution is -2.28. The molecule has 0 bridgehead atoms. The molecule has 1 aromatic carbocycles. The largest absolute Gasteiger partial charge is 0.466 e. The number of carbonyl (C=O) groups excluding carboxylic acids is 1. The summed E-state index contributed by atoms with van der Waals surface area (Å²) >= 11 is 1.54. The summed E-state index contributed by atoms with van der Waals surface area (Å²) in [6.45, 7) is 5.65. The molecule has 120 valence electrons. The number of benzene rings is 1. The van der Waals surface area contributed by atoms with Crippen LogP contribution >= 0.6 is 11.3 Å². The van der Waals surface area contributed by atoms with E-state index in [1.807, 2.05) is 44.2 Å². The van der Waals surface area contributed by atoms with E-state index < -0.39 is 6.10 Å². The minimum atomic E-state index is -0.718. The first kappa shape index (κ1) is 15.8. The van der Waals surface area contributed by atoms with Crippen LogP contribution in [0.15, 0.2) is 34.7 Å². The molecule has 2 heterocycles. The number of aryl methyl sites for hydroxylation is 2. The minimum Gasteiger partial charge on any atom is -0.466 e. The molecule has 0 aliphatic carbocycles. The predicted octanol–water partition coefficient (Wildman–Crippen LogP) is 3.88. The Labute approximate surface area is 138 Å². The fourth-order valence-electron chi connectivity index (χ4n) is 2.67. The number of fused-ring (bicyclic) bond motifs is 1. The van der Waals surface area contributed by atoms with Crippen LogP contribution in [0.25, 0.3) is 10.1 Å². The summed E-state index contributed by atoms with van der Waals surface area (Å²) in [5, 5.41) is 14.2. The number of hydrogen-bond donors (Lipinski definition) is 2. The van der Waals surface area contributed by atoms with Gasteiger partial charge in [0.1, 0.15) is 17.6 Å². The van der Waals surface area contributed by atoms with Crippen LogP contribution in [0, 0.1) is 20.8 Å². The van der Waals surface area contributed by atoms with Crippen LogP contribution in [0.3, 0.4) is 0 Å². The van der Waals surface area contributed by atoms with Crippen LogP contribution < -0.4 is 5.32 Å². The predicted molar refractivity (Wildman–Crippen MR) is 92.0 cm³/mol. The first-order valence-electron chi connectivity index (χ1n) is 7.48.